The van der Waals surface area contributed by atoms with E-state index in [1.807, 2.05) is 31.2 Å². The second-order valence-corrected chi connectivity index (χ2v) is 7.47. The van der Waals surface area contributed by atoms with Crippen molar-refractivity contribution in [3.8, 4) is 5.75 Å². The number of benzene rings is 1. The highest BCUT2D eigenvalue weighted by Crippen LogP contribution is 2.32. The maximum absolute atomic E-state index is 12.9. The van der Waals surface area contributed by atoms with Crippen LogP contribution in [0.4, 0.5) is 0 Å². The highest BCUT2D eigenvalue weighted by atomic mass is 32.2. The van der Waals surface area contributed by atoms with Gasteiger partial charge in [0, 0.05) is 23.5 Å². The van der Waals surface area contributed by atoms with Gasteiger partial charge >= 0.3 is 0 Å². The molecule has 0 aliphatic carbocycles. The van der Waals surface area contributed by atoms with E-state index in [-0.39, 0.29) is 11.2 Å². The molecule has 1 N–H and O–H groups in total. The van der Waals surface area contributed by atoms with Crippen LogP contribution in [0.25, 0.3) is 0 Å². The number of carbonyl (C=O) groups excluding carboxylic acids is 1. The standard InChI is InChI=1S/C17H24N2O2S/c1-12(22-16-7-5-15(21-2)6-8-16)17(20)19-13-3-4-14(19)11-18-10-9-13/h5-8,12-14,18H,3-4,9-11H2,1-2H3. The lowest BCUT2D eigenvalue weighted by Crippen LogP contribution is -2.45. The highest BCUT2D eigenvalue weighted by molar-refractivity contribution is 8.00. The molecule has 2 fully saturated rings. The predicted molar refractivity (Wildman–Crippen MR) is 89.5 cm³/mol. The Balaban J connectivity index is 1.65. The van der Waals surface area contributed by atoms with Crippen molar-refractivity contribution in [2.75, 3.05) is 20.2 Å². The lowest BCUT2D eigenvalue weighted by molar-refractivity contribution is -0.132. The summed E-state index contributed by atoms with van der Waals surface area (Å²) in [7, 11) is 1.66. The van der Waals surface area contributed by atoms with Crippen LogP contribution in [0.1, 0.15) is 26.2 Å². The molecule has 2 aliphatic heterocycles. The summed E-state index contributed by atoms with van der Waals surface area (Å²) >= 11 is 1.64. The topological polar surface area (TPSA) is 41.6 Å². The fourth-order valence-electron chi connectivity index (χ4n) is 3.46. The lowest BCUT2D eigenvalue weighted by Gasteiger charge is -2.30. The van der Waals surface area contributed by atoms with Gasteiger partial charge in [0.25, 0.3) is 0 Å². The monoisotopic (exact) mass is 320 g/mol. The molecule has 1 aromatic carbocycles. The van der Waals surface area contributed by atoms with Gasteiger partial charge in [0.15, 0.2) is 0 Å². The van der Waals surface area contributed by atoms with Gasteiger partial charge in [0.2, 0.25) is 5.91 Å². The maximum atomic E-state index is 12.9. The average molecular weight is 320 g/mol. The molecular weight excluding hydrogens is 296 g/mol. The van der Waals surface area contributed by atoms with Gasteiger partial charge in [0.1, 0.15) is 5.75 Å². The lowest BCUT2D eigenvalue weighted by atomic mass is 10.1. The molecule has 1 amide bonds. The molecule has 5 heteroatoms. The minimum absolute atomic E-state index is 0.0467. The first-order valence-electron chi connectivity index (χ1n) is 8.02. The van der Waals surface area contributed by atoms with E-state index in [0.29, 0.717) is 12.1 Å². The Morgan fingerprint density at radius 2 is 2.00 bits per heavy atom. The quantitative estimate of drug-likeness (QED) is 0.866. The van der Waals surface area contributed by atoms with Gasteiger partial charge in [-0.25, -0.2) is 0 Å². The Labute approximate surface area is 136 Å². The number of thioether (sulfide) groups is 1. The normalized spacial score (nSPS) is 25.6. The molecular formula is C17H24N2O2S. The first-order valence-corrected chi connectivity index (χ1v) is 8.90. The number of amides is 1. The number of rotatable bonds is 4. The van der Waals surface area contributed by atoms with E-state index in [1.54, 1.807) is 18.9 Å². The Morgan fingerprint density at radius 1 is 1.27 bits per heavy atom. The average Bonchev–Trinajstić information content (AvgIpc) is 2.80. The summed E-state index contributed by atoms with van der Waals surface area (Å²) in [5.74, 6) is 1.14. The van der Waals surface area contributed by atoms with Gasteiger partial charge < -0.3 is 15.0 Å². The zero-order valence-corrected chi connectivity index (χ0v) is 14.1. The van der Waals surface area contributed by atoms with E-state index < -0.39 is 0 Å². The third-order valence-corrected chi connectivity index (χ3v) is 5.73. The fraction of sp³-hybridized carbons (Fsp3) is 0.588. The zero-order valence-electron chi connectivity index (χ0n) is 13.2. The molecule has 1 aromatic rings. The molecule has 3 unspecified atom stereocenters. The number of fused-ring (bicyclic) bond motifs is 2. The largest absolute Gasteiger partial charge is 0.497 e. The van der Waals surface area contributed by atoms with Crippen LogP contribution in [0.15, 0.2) is 29.2 Å². The molecule has 3 atom stereocenters. The number of carbonyl (C=O) groups is 1. The molecule has 2 saturated heterocycles. The van der Waals surface area contributed by atoms with Crippen LogP contribution in [-0.2, 0) is 4.79 Å². The Hall–Kier alpha value is -1.20. The van der Waals surface area contributed by atoms with E-state index >= 15 is 0 Å². The SMILES string of the molecule is COc1ccc(SC(C)C(=O)N2C3CCNCC2CC3)cc1. The van der Waals surface area contributed by atoms with Crippen molar-refractivity contribution in [2.45, 2.75) is 48.4 Å². The van der Waals surface area contributed by atoms with Crippen LogP contribution < -0.4 is 10.1 Å². The Kier molecular flexibility index (Phi) is 4.93. The summed E-state index contributed by atoms with van der Waals surface area (Å²) in [6, 6.07) is 8.75. The second kappa shape index (κ2) is 6.92. The zero-order chi connectivity index (χ0) is 15.5. The molecule has 22 heavy (non-hydrogen) atoms. The predicted octanol–water partition coefficient (Wildman–Crippen LogP) is 2.53. The molecule has 2 heterocycles. The minimum Gasteiger partial charge on any atom is -0.497 e. The van der Waals surface area contributed by atoms with E-state index in [0.717, 1.165) is 43.0 Å². The summed E-state index contributed by atoms with van der Waals surface area (Å²) in [6.45, 7) is 4.00. The number of methoxy groups -OCH3 is 1. The van der Waals surface area contributed by atoms with Crippen LogP contribution in [-0.4, -0.2) is 48.3 Å². The van der Waals surface area contributed by atoms with Crippen molar-refractivity contribution in [1.82, 2.24) is 10.2 Å². The molecule has 2 aliphatic rings. The van der Waals surface area contributed by atoms with E-state index in [9.17, 15) is 4.79 Å². The summed E-state index contributed by atoms with van der Waals surface area (Å²) in [5.41, 5.74) is 0. The van der Waals surface area contributed by atoms with Crippen LogP contribution in [0.5, 0.6) is 5.75 Å². The molecule has 0 saturated carbocycles. The van der Waals surface area contributed by atoms with Crippen LogP contribution in [0.2, 0.25) is 0 Å². The summed E-state index contributed by atoms with van der Waals surface area (Å²) in [5, 5.41) is 3.40. The van der Waals surface area contributed by atoms with Crippen molar-refractivity contribution >= 4 is 17.7 Å². The minimum atomic E-state index is -0.0467. The molecule has 0 spiro atoms. The fourth-order valence-corrected chi connectivity index (χ4v) is 4.38. The van der Waals surface area contributed by atoms with Gasteiger partial charge in [-0.3, -0.25) is 4.79 Å². The summed E-state index contributed by atoms with van der Waals surface area (Å²) in [6.07, 6.45) is 3.39. The smallest absolute Gasteiger partial charge is 0.236 e. The van der Waals surface area contributed by atoms with Crippen molar-refractivity contribution in [3.05, 3.63) is 24.3 Å². The number of hydrogen-bond acceptors (Lipinski definition) is 4. The first-order chi connectivity index (χ1) is 10.7. The molecule has 3 rings (SSSR count). The van der Waals surface area contributed by atoms with Crippen molar-refractivity contribution in [3.63, 3.8) is 0 Å². The molecule has 0 radical (unpaired) electrons. The van der Waals surface area contributed by atoms with Crippen LogP contribution >= 0.6 is 11.8 Å². The Morgan fingerprint density at radius 3 is 2.73 bits per heavy atom. The number of nitrogens with zero attached hydrogens (tertiary/aromatic N) is 1. The van der Waals surface area contributed by atoms with Crippen molar-refractivity contribution in [1.29, 1.82) is 0 Å². The number of hydrogen-bond donors (Lipinski definition) is 1. The molecule has 2 bridgehead atoms. The van der Waals surface area contributed by atoms with E-state index in [1.165, 1.54) is 0 Å². The van der Waals surface area contributed by atoms with E-state index in [2.05, 4.69) is 10.2 Å². The summed E-state index contributed by atoms with van der Waals surface area (Å²) < 4.78 is 5.18. The van der Waals surface area contributed by atoms with Crippen molar-refractivity contribution in [2.24, 2.45) is 0 Å². The van der Waals surface area contributed by atoms with Gasteiger partial charge in [-0.2, -0.15) is 0 Å². The molecule has 4 nitrogen and oxygen atoms in total. The number of ether oxygens (including phenoxy) is 1. The second-order valence-electron chi connectivity index (χ2n) is 6.06. The Bertz CT molecular complexity index is 506. The van der Waals surface area contributed by atoms with Gasteiger partial charge in [-0.15, -0.1) is 11.8 Å². The van der Waals surface area contributed by atoms with Gasteiger partial charge in [-0.1, -0.05) is 0 Å². The third-order valence-electron chi connectivity index (χ3n) is 4.63. The highest BCUT2D eigenvalue weighted by Gasteiger charge is 2.39. The number of nitrogens with one attached hydrogen (secondary N) is 1. The van der Waals surface area contributed by atoms with Gasteiger partial charge in [0.05, 0.1) is 12.4 Å². The maximum Gasteiger partial charge on any atom is 0.236 e. The molecule has 120 valence electrons. The van der Waals surface area contributed by atoms with Crippen LogP contribution in [0.3, 0.4) is 0 Å². The van der Waals surface area contributed by atoms with Crippen LogP contribution in [0, 0.1) is 0 Å². The first kappa shape index (κ1) is 15.7. The molecule has 0 aromatic heterocycles. The van der Waals surface area contributed by atoms with Crippen molar-refractivity contribution < 1.29 is 9.53 Å². The van der Waals surface area contributed by atoms with Gasteiger partial charge in [-0.05, 0) is 57.0 Å². The summed E-state index contributed by atoms with van der Waals surface area (Å²) in [4.78, 5) is 16.2. The van der Waals surface area contributed by atoms with E-state index in [4.69, 9.17) is 4.74 Å². The third kappa shape index (κ3) is 3.25.